The summed E-state index contributed by atoms with van der Waals surface area (Å²) in [6.07, 6.45) is 2.53. The molecule has 1 aromatic rings. The van der Waals surface area contributed by atoms with Gasteiger partial charge in [-0.15, -0.1) is 5.10 Å². The van der Waals surface area contributed by atoms with Crippen LogP contribution in [0.4, 0.5) is 0 Å². The number of hydrogen-bond acceptors (Lipinski definition) is 8. The highest BCUT2D eigenvalue weighted by Gasteiger charge is 2.24. The van der Waals surface area contributed by atoms with Gasteiger partial charge in [-0.2, -0.15) is 5.10 Å². The zero-order chi connectivity index (χ0) is 18.9. The number of benzene rings is 1. The minimum Gasteiger partial charge on any atom is -0.466 e. The van der Waals surface area contributed by atoms with Crippen LogP contribution in [0, 0.1) is 0 Å². The molecule has 0 saturated carbocycles. The van der Waals surface area contributed by atoms with Crippen molar-refractivity contribution in [1.82, 2.24) is 10.6 Å². The van der Waals surface area contributed by atoms with E-state index in [-0.39, 0.29) is 29.1 Å². The maximum Gasteiger partial charge on any atom is 0.331 e. The Morgan fingerprint density at radius 3 is 2.73 bits per heavy atom. The zero-order valence-corrected chi connectivity index (χ0v) is 14.6. The number of aliphatic hydroxyl groups is 1. The highest BCUT2D eigenvalue weighted by atomic mass is 32.2. The Bertz CT molecular complexity index is 786. The number of carbonyl (C=O) groups is 3. The van der Waals surface area contributed by atoms with Crippen LogP contribution in [0.3, 0.4) is 0 Å². The van der Waals surface area contributed by atoms with Crippen LogP contribution in [-0.2, 0) is 14.3 Å². The summed E-state index contributed by atoms with van der Waals surface area (Å²) in [5, 5.41) is 21.7. The molecular weight excluding hydrogens is 360 g/mol. The number of nitrogens with one attached hydrogen (secondary N) is 2. The highest BCUT2D eigenvalue weighted by molar-refractivity contribution is 8.18. The Labute approximate surface area is 153 Å². The molecule has 3 N–H and O–H groups in total. The molecule has 1 aliphatic rings. The van der Waals surface area contributed by atoms with Gasteiger partial charge in [-0.25, -0.2) is 4.79 Å². The molecule has 1 aromatic carbocycles. The SMILES string of the molecule is COC(=O)/C=C1/S/C(=N\N=Cc2ccc(C(=O)NCCO)cc2)NC1=O. The summed E-state index contributed by atoms with van der Waals surface area (Å²) in [7, 11) is 1.22. The minimum atomic E-state index is -0.629. The molecule has 9 nitrogen and oxygen atoms in total. The largest absolute Gasteiger partial charge is 0.466 e. The first-order valence-corrected chi connectivity index (χ1v) is 8.24. The van der Waals surface area contributed by atoms with Crippen LogP contribution in [0.2, 0.25) is 0 Å². The average molecular weight is 376 g/mol. The number of rotatable bonds is 6. The molecule has 1 heterocycles. The van der Waals surface area contributed by atoms with E-state index in [9.17, 15) is 14.4 Å². The minimum absolute atomic E-state index is 0.123. The summed E-state index contributed by atoms with van der Waals surface area (Å²) >= 11 is 0.974. The number of nitrogens with zero attached hydrogens (tertiary/aromatic N) is 2. The number of ether oxygens (including phenoxy) is 1. The van der Waals surface area contributed by atoms with Crippen LogP contribution in [0.5, 0.6) is 0 Å². The van der Waals surface area contributed by atoms with Crippen LogP contribution < -0.4 is 10.6 Å². The van der Waals surface area contributed by atoms with E-state index in [4.69, 9.17) is 5.11 Å². The van der Waals surface area contributed by atoms with E-state index in [1.165, 1.54) is 13.3 Å². The lowest BCUT2D eigenvalue weighted by Gasteiger charge is -2.02. The number of amidine groups is 1. The molecule has 0 atom stereocenters. The van der Waals surface area contributed by atoms with E-state index >= 15 is 0 Å². The topological polar surface area (TPSA) is 129 Å². The molecule has 0 spiro atoms. The van der Waals surface area contributed by atoms with Gasteiger partial charge in [0.05, 0.1) is 24.8 Å². The predicted octanol–water partition coefficient (Wildman–Crippen LogP) is 0.0185. The molecule has 1 saturated heterocycles. The maximum absolute atomic E-state index is 11.7. The lowest BCUT2D eigenvalue weighted by Crippen LogP contribution is -2.26. The van der Waals surface area contributed by atoms with Crippen LogP contribution in [-0.4, -0.2) is 54.5 Å². The maximum atomic E-state index is 11.7. The van der Waals surface area contributed by atoms with Crippen molar-refractivity contribution in [3.8, 4) is 0 Å². The Balaban J connectivity index is 1.97. The Kier molecular flexibility index (Phi) is 7.06. The summed E-state index contributed by atoms with van der Waals surface area (Å²) < 4.78 is 4.46. The summed E-state index contributed by atoms with van der Waals surface area (Å²) in [6.45, 7) is 0.0667. The fraction of sp³-hybridized carbons (Fsp3) is 0.188. The molecule has 0 aromatic heterocycles. The van der Waals surface area contributed by atoms with Gasteiger partial charge in [-0.3, -0.25) is 14.9 Å². The standard InChI is InChI=1S/C16H16N4O5S/c1-25-13(22)8-12-15(24)19-16(26-12)20-18-9-10-2-4-11(5-3-10)14(23)17-6-7-21/h2-5,8-9,21H,6-7H2,1H3,(H,17,23)(H,19,20,24)/b12-8+,18-9?. The van der Waals surface area contributed by atoms with Crippen molar-refractivity contribution in [3.63, 3.8) is 0 Å². The molecule has 0 unspecified atom stereocenters. The second-order valence-electron chi connectivity index (χ2n) is 4.84. The third-order valence-corrected chi connectivity index (χ3v) is 3.93. The van der Waals surface area contributed by atoms with Crippen molar-refractivity contribution in [2.45, 2.75) is 0 Å². The molecule has 2 amide bonds. The van der Waals surface area contributed by atoms with E-state index in [2.05, 4.69) is 25.6 Å². The molecular formula is C16H16N4O5S. The lowest BCUT2D eigenvalue weighted by atomic mass is 10.1. The van der Waals surface area contributed by atoms with Crippen LogP contribution in [0.1, 0.15) is 15.9 Å². The van der Waals surface area contributed by atoms with Gasteiger partial charge in [0.25, 0.3) is 11.8 Å². The number of aliphatic hydroxyl groups excluding tert-OH is 1. The van der Waals surface area contributed by atoms with Crippen molar-refractivity contribution in [3.05, 3.63) is 46.4 Å². The average Bonchev–Trinajstić information content (AvgIpc) is 2.99. The van der Waals surface area contributed by atoms with Crippen molar-refractivity contribution in [2.24, 2.45) is 10.2 Å². The van der Waals surface area contributed by atoms with Gasteiger partial charge in [-0.1, -0.05) is 12.1 Å². The Morgan fingerprint density at radius 1 is 1.35 bits per heavy atom. The quantitative estimate of drug-likeness (QED) is 0.278. The van der Waals surface area contributed by atoms with Crippen LogP contribution >= 0.6 is 11.8 Å². The highest BCUT2D eigenvalue weighted by Crippen LogP contribution is 2.23. The normalized spacial score (nSPS) is 16.9. The second-order valence-corrected chi connectivity index (χ2v) is 5.87. The Hall–Kier alpha value is -2.98. The number of amides is 2. The first kappa shape index (κ1) is 19.3. The summed E-state index contributed by atoms with van der Waals surface area (Å²) in [6, 6.07) is 6.59. The van der Waals surface area contributed by atoms with Crippen molar-refractivity contribution in [1.29, 1.82) is 0 Å². The van der Waals surface area contributed by atoms with Gasteiger partial charge in [0.1, 0.15) is 0 Å². The predicted molar refractivity (Wildman–Crippen MR) is 96.7 cm³/mol. The smallest absolute Gasteiger partial charge is 0.331 e. The fourth-order valence-electron chi connectivity index (χ4n) is 1.78. The summed E-state index contributed by atoms with van der Waals surface area (Å²) in [5.41, 5.74) is 1.16. The molecule has 1 aliphatic heterocycles. The lowest BCUT2D eigenvalue weighted by molar-refractivity contribution is -0.135. The molecule has 0 aliphatic carbocycles. The van der Waals surface area contributed by atoms with Gasteiger partial charge in [-0.05, 0) is 29.5 Å². The van der Waals surface area contributed by atoms with E-state index in [1.807, 2.05) is 0 Å². The zero-order valence-electron chi connectivity index (χ0n) is 13.8. The third-order valence-electron chi connectivity index (χ3n) is 3.03. The number of hydrogen-bond donors (Lipinski definition) is 3. The summed E-state index contributed by atoms with van der Waals surface area (Å²) in [4.78, 5) is 34.7. The number of esters is 1. The molecule has 10 heteroatoms. The van der Waals surface area contributed by atoms with Gasteiger partial charge >= 0.3 is 5.97 Å². The first-order chi connectivity index (χ1) is 12.5. The number of methoxy groups -OCH3 is 1. The number of thioether (sulfide) groups is 1. The molecule has 0 bridgehead atoms. The van der Waals surface area contributed by atoms with Crippen LogP contribution in [0.25, 0.3) is 0 Å². The fourth-order valence-corrected chi connectivity index (χ4v) is 2.52. The van der Waals surface area contributed by atoms with Gasteiger partial charge in [0.2, 0.25) is 0 Å². The van der Waals surface area contributed by atoms with E-state index in [0.29, 0.717) is 11.1 Å². The molecule has 0 radical (unpaired) electrons. The van der Waals surface area contributed by atoms with Crippen molar-refractivity contribution >= 4 is 40.9 Å². The monoisotopic (exact) mass is 376 g/mol. The van der Waals surface area contributed by atoms with Gasteiger partial charge in [0, 0.05) is 18.2 Å². The first-order valence-electron chi connectivity index (χ1n) is 7.42. The van der Waals surface area contributed by atoms with Crippen molar-refractivity contribution < 1.29 is 24.2 Å². The van der Waals surface area contributed by atoms with Crippen LogP contribution in [0.15, 0.2) is 45.4 Å². The molecule has 1 fully saturated rings. The van der Waals surface area contributed by atoms with E-state index in [0.717, 1.165) is 17.8 Å². The number of carbonyl (C=O) groups excluding carboxylic acids is 3. The second kappa shape index (κ2) is 9.49. The Morgan fingerprint density at radius 2 is 2.08 bits per heavy atom. The molecule has 136 valence electrons. The third kappa shape index (κ3) is 5.53. The van der Waals surface area contributed by atoms with E-state index in [1.54, 1.807) is 24.3 Å². The van der Waals surface area contributed by atoms with Gasteiger partial charge < -0.3 is 15.2 Å². The molecule has 26 heavy (non-hydrogen) atoms. The van der Waals surface area contributed by atoms with Crippen molar-refractivity contribution in [2.75, 3.05) is 20.3 Å². The summed E-state index contributed by atoms with van der Waals surface area (Å²) in [5.74, 6) is -1.36. The van der Waals surface area contributed by atoms with E-state index < -0.39 is 11.9 Å². The molecule has 2 rings (SSSR count). The van der Waals surface area contributed by atoms with Gasteiger partial charge in [0.15, 0.2) is 5.17 Å².